The van der Waals surface area contributed by atoms with Crippen LogP contribution in [0.5, 0.6) is 0 Å². The highest BCUT2D eigenvalue weighted by atomic mass is 16.3. The van der Waals surface area contributed by atoms with Crippen LogP contribution in [0.15, 0.2) is 174 Å². The number of benzene rings is 8. The second-order valence-electron chi connectivity index (χ2n) is 19.6. The predicted octanol–water partition coefficient (Wildman–Crippen LogP) is 16.3. The van der Waals surface area contributed by atoms with E-state index in [9.17, 15) is 0 Å². The number of hydrogen-bond acceptors (Lipinski definition) is 2. The molecule has 2 nitrogen and oxygen atoms in total. The topological polar surface area (TPSA) is 16.4 Å². The van der Waals surface area contributed by atoms with Gasteiger partial charge in [-0.2, -0.15) is 0 Å². The third-order valence-corrected chi connectivity index (χ3v) is 15.6. The molecule has 296 valence electrons. The highest BCUT2D eigenvalue weighted by molar-refractivity contribution is 6.06. The lowest BCUT2D eigenvalue weighted by Gasteiger charge is -2.57. The summed E-state index contributed by atoms with van der Waals surface area (Å²) in [4.78, 5) is 2.40. The van der Waals surface area contributed by atoms with Gasteiger partial charge in [-0.1, -0.05) is 123 Å². The third kappa shape index (κ3) is 5.54. The molecule has 0 amide bonds. The maximum absolute atomic E-state index is 6.46. The molecular weight excluding hydrogens is 739 g/mol. The Bertz CT molecular complexity index is 3160. The van der Waals surface area contributed by atoms with Gasteiger partial charge in [0.2, 0.25) is 0 Å². The second kappa shape index (κ2) is 13.1. The van der Waals surface area contributed by atoms with Gasteiger partial charge in [-0.3, -0.25) is 0 Å². The molecule has 0 aliphatic heterocycles. The normalized spacial score (nSPS) is 21.9. The number of nitrogens with zero attached hydrogens (tertiary/aromatic N) is 1. The van der Waals surface area contributed by atoms with E-state index in [1.54, 1.807) is 5.56 Å². The minimum Gasteiger partial charge on any atom is -0.456 e. The summed E-state index contributed by atoms with van der Waals surface area (Å²) in [6.07, 6.45) is 8.70. The van der Waals surface area contributed by atoms with Crippen LogP contribution in [0.1, 0.15) is 69.1 Å². The van der Waals surface area contributed by atoms with E-state index >= 15 is 0 Å². The molecule has 4 bridgehead atoms. The van der Waals surface area contributed by atoms with Crippen molar-refractivity contribution in [3.05, 3.63) is 187 Å². The van der Waals surface area contributed by atoms with Gasteiger partial charge >= 0.3 is 0 Å². The number of furan rings is 1. The van der Waals surface area contributed by atoms with E-state index < -0.39 is 0 Å². The molecule has 8 aromatic carbocycles. The largest absolute Gasteiger partial charge is 0.456 e. The van der Waals surface area contributed by atoms with E-state index in [0.717, 1.165) is 56.8 Å². The van der Waals surface area contributed by atoms with Crippen LogP contribution in [0, 0.1) is 17.8 Å². The molecule has 4 fully saturated rings. The minimum absolute atomic E-state index is 0.176. The van der Waals surface area contributed by atoms with Crippen LogP contribution >= 0.6 is 0 Å². The van der Waals surface area contributed by atoms with Gasteiger partial charge in [0.1, 0.15) is 11.2 Å². The molecule has 14 rings (SSSR count). The zero-order valence-corrected chi connectivity index (χ0v) is 35.0. The van der Waals surface area contributed by atoms with Crippen molar-refractivity contribution in [1.82, 2.24) is 0 Å². The Morgan fingerprint density at radius 2 is 0.984 bits per heavy atom. The van der Waals surface area contributed by atoms with Crippen molar-refractivity contribution in [2.75, 3.05) is 4.90 Å². The van der Waals surface area contributed by atoms with Crippen molar-refractivity contribution < 1.29 is 4.42 Å². The van der Waals surface area contributed by atoms with E-state index in [2.05, 4.69) is 183 Å². The zero-order valence-electron chi connectivity index (χ0n) is 35.0. The van der Waals surface area contributed by atoms with Crippen LogP contribution in [-0.4, -0.2) is 0 Å². The van der Waals surface area contributed by atoms with E-state index in [4.69, 9.17) is 4.42 Å². The number of anilines is 3. The van der Waals surface area contributed by atoms with Crippen molar-refractivity contribution in [2.24, 2.45) is 17.8 Å². The monoisotopic (exact) mass is 787 g/mol. The molecule has 1 heterocycles. The highest BCUT2D eigenvalue weighted by Gasteiger charge is 2.51. The fourth-order valence-corrected chi connectivity index (χ4v) is 13.0. The number of hydrogen-bond donors (Lipinski definition) is 0. The molecule has 0 saturated heterocycles. The molecule has 0 radical (unpaired) electrons. The fourth-order valence-electron chi connectivity index (χ4n) is 13.0. The highest BCUT2D eigenvalue weighted by Crippen LogP contribution is 2.61. The minimum atomic E-state index is -0.176. The molecule has 0 spiro atoms. The lowest BCUT2D eigenvalue weighted by atomic mass is 9.48. The molecule has 5 aliphatic carbocycles. The molecule has 0 unspecified atom stereocenters. The van der Waals surface area contributed by atoms with Gasteiger partial charge in [-0.05, 0) is 177 Å². The summed E-state index contributed by atoms with van der Waals surface area (Å²) in [7, 11) is 0. The van der Waals surface area contributed by atoms with Gasteiger partial charge in [0.15, 0.2) is 0 Å². The van der Waals surface area contributed by atoms with Gasteiger partial charge in [0, 0.05) is 39.3 Å². The number of rotatable bonds is 6. The summed E-state index contributed by atoms with van der Waals surface area (Å²) in [5, 5.41) is 4.79. The van der Waals surface area contributed by atoms with Crippen molar-refractivity contribution in [3.8, 4) is 33.4 Å². The first-order valence-corrected chi connectivity index (χ1v) is 22.6. The quantitative estimate of drug-likeness (QED) is 0.167. The molecule has 0 N–H and O–H groups in total. The van der Waals surface area contributed by atoms with Crippen LogP contribution in [0.2, 0.25) is 0 Å². The Kier molecular flexibility index (Phi) is 7.58. The Morgan fingerprint density at radius 3 is 1.74 bits per heavy atom. The Hall–Kier alpha value is -6.38. The number of fused-ring (bicyclic) bond motifs is 7. The van der Waals surface area contributed by atoms with Gasteiger partial charge in [-0.15, -0.1) is 0 Å². The van der Waals surface area contributed by atoms with E-state index in [0.29, 0.717) is 5.41 Å². The van der Waals surface area contributed by atoms with E-state index in [1.807, 2.05) is 6.07 Å². The van der Waals surface area contributed by atoms with Crippen molar-refractivity contribution in [2.45, 2.75) is 63.2 Å². The first kappa shape index (κ1) is 35.4. The molecular formula is C59H49NO. The first-order chi connectivity index (χ1) is 29.8. The first-order valence-electron chi connectivity index (χ1n) is 22.6. The SMILES string of the molecule is CC1(C)c2cc(-c3ccc(C45CC6CC(CC(C6)C4)C5)cc3)ccc2-c2ccc(N(c3ccc(-c4ccc5ccccc5c4)cc3)c3ccc4c(c3)oc3ccccc34)cc21. The van der Waals surface area contributed by atoms with Crippen LogP contribution in [-0.2, 0) is 10.8 Å². The van der Waals surface area contributed by atoms with Crippen LogP contribution in [0.3, 0.4) is 0 Å². The standard InChI is InChI=1S/C59H49NO/c1-58(2)54-31-45(41-13-18-46(19-14-41)59-34-37-27-38(35-59)29-39(28-37)36-59)17-24-50(54)51-25-22-48(32-55(51)58)60(49-23-26-53-52-9-5-6-10-56(52)61-57(53)33-49)47-20-15-42(16-21-47)44-12-11-40-7-3-4-8-43(40)30-44/h3-26,30-33,37-39H,27-29,34-36H2,1-2H3. The average molecular weight is 788 g/mol. The summed E-state index contributed by atoms with van der Waals surface area (Å²) >= 11 is 0. The van der Waals surface area contributed by atoms with E-state index in [-0.39, 0.29) is 5.41 Å². The zero-order chi connectivity index (χ0) is 40.5. The molecule has 61 heavy (non-hydrogen) atoms. The van der Waals surface area contributed by atoms with Gasteiger partial charge in [0.25, 0.3) is 0 Å². The van der Waals surface area contributed by atoms with Crippen molar-refractivity contribution in [3.63, 3.8) is 0 Å². The maximum Gasteiger partial charge on any atom is 0.137 e. The molecule has 0 atom stereocenters. The Labute approximate surface area is 358 Å². The van der Waals surface area contributed by atoms with Gasteiger partial charge in [-0.25, -0.2) is 0 Å². The van der Waals surface area contributed by atoms with Gasteiger partial charge in [0.05, 0.1) is 0 Å². The Balaban J connectivity index is 0.866. The molecule has 2 heteroatoms. The lowest BCUT2D eigenvalue weighted by molar-refractivity contribution is -0.00518. The molecule has 5 aliphatic rings. The summed E-state index contributed by atoms with van der Waals surface area (Å²) in [5.74, 6) is 2.88. The fraction of sp³-hybridized carbons (Fsp3) is 0.220. The second-order valence-corrected chi connectivity index (χ2v) is 19.6. The molecule has 9 aromatic rings. The number of para-hydroxylation sites is 1. The van der Waals surface area contributed by atoms with Crippen LogP contribution in [0.4, 0.5) is 17.1 Å². The third-order valence-electron chi connectivity index (χ3n) is 15.6. The summed E-state index contributed by atoms with van der Waals surface area (Å²) < 4.78 is 6.46. The lowest BCUT2D eigenvalue weighted by Crippen LogP contribution is -2.48. The maximum atomic E-state index is 6.46. The van der Waals surface area contributed by atoms with Crippen LogP contribution < -0.4 is 4.90 Å². The van der Waals surface area contributed by atoms with E-state index in [1.165, 1.54) is 93.8 Å². The summed E-state index contributed by atoms with van der Waals surface area (Å²) in [5.41, 5.74) is 17.4. The average Bonchev–Trinajstić information content (AvgIpc) is 3.77. The molecule has 4 saturated carbocycles. The summed E-state index contributed by atoms with van der Waals surface area (Å²) in [6, 6.07) is 63.5. The van der Waals surface area contributed by atoms with Crippen molar-refractivity contribution >= 4 is 49.8 Å². The van der Waals surface area contributed by atoms with Crippen molar-refractivity contribution in [1.29, 1.82) is 0 Å². The Morgan fingerprint density at radius 1 is 0.443 bits per heavy atom. The molecule has 1 aromatic heterocycles. The summed E-state index contributed by atoms with van der Waals surface area (Å²) in [6.45, 7) is 4.81. The smallest absolute Gasteiger partial charge is 0.137 e. The van der Waals surface area contributed by atoms with Gasteiger partial charge < -0.3 is 9.32 Å². The predicted molar refractivity (Wildman–Crippen MR) is 254 cm³/mol. The van der Waals surface area contributed by atoms with Crippen LogP contribution in [0.25, 0.3) is 66.1 Å².